The van der Waals surface area contributed by atoms with Crippen LogP contribution in [0.1, 0.15) is 10.4 Å². The van der Waals surface area contributed by atoms with Crippen molar-refractivity contribution < 1.29 is 14.3 Å². The summed E-state index contributed by atoms with van der Waals surface area (Å²) >= 11 is 0. The lowest BCUT2D eigenvalue weighted by atomic mass is 10.1. The molecule has 1 heterocycles. The first-order chi connectivity index (χ1) is 12.2. The van der Waals surface area contributed by atoms with Crippen LogP contribution in [0.3, 0.4) is 0 Å². The van der Waals surface area contributed by atoms with Crippen LogP contribution in [0.4, 0.5) is 5.69 Å². The molecule has 0 aliphatic heterocycles. The van der Waals surface area contributed by atoms with Gasteiger partial charge in [0.1, 0.15) is 0 Å². The van der Waals surface area contributed by atoms with Crippen molar-refractivity contribution in [2.45, 2.75) is 0 Å². The van der Waals surface area contributed by atoms with Crippen LogP contribution in [-0.4, -0.2) is 23.5 Å². The van der Waals surface area contributed by atoms with Crippen LogP contribution < -0.4 is 5.32 Å². The van der Waals surface area contributed by atoms with Crippen molar-refractivity contribution in [1.82, 2.24) is 4.98 Å². The number of pyridine rings is 1. The Bertz CT molecular complexity index is 847. The minimum absolute atomic E-state index is 0.308. The number of carbonyl (C=O) groups excluding carboxylic acids is 2. The number of esters is 1. The maximum Gasteiger partial charge on any atom is 0.340 e. The van der Waals surface area contributed by atoms with Gasteiger partial charge < -0.3 is 10.1 Å². The zero-order chi connectivity index (χ0) is 17.5. The Kier molecular flexibility index (Phi) is 5.16. The second-order valence-corrected chi connectivity index (χ2v) is 5.31. The Hall–Kier alpha value is -3.47. The quantitative estimate of drug-likeness (QED) is 0.726. The van der Waals surface area contributed by atoms with Crippen molar-refractivity contribution in [1.29, 1.82) is 0 Å². The van der Waals surface area contributed by atoms with Gasteiger partial charge in [-0.05, 0) is 35.4 Å². The first kappa shape index (κ1) is 16.4. The van der Waals surface area contributed by atoms with Crippen molar-refractivity contribution in [3.05, 3.63) is 84.7 Å². The predicted octanol–water partition coefficient (Wildman–Crippen LogP) is 3.54. The zero-order valence-electron chi connectivity index (χ0n) is 13.4. The third kappa shape index (κ3) is 4.51. The number of nitrogens with zero attached hydrogens (tertiary/aromatic N) is 1. The fraction of sp³-hybridized carbons (Fsp3) is 0.0500. The lowest BCUT2D eigenvalue weighted by Gasteiger charge is -2.08. The van der Waals surface area contributed by atoms with E-state index >= 15 is 0 Å². The molecule has 0 radical (unpaired) electrons. The summed E-state index contributed by atoms with van der Waals surface area (Å²) in [5.41, 5.74) is 3.11. The number of benzene rings is 2. The molecule has 0 fully saturated rings. The van der Waals surface area contributed by atoms with Gasteiger partial charge in [-0.1, -0.05) is 42.5 Å². The van der Waals surface area contributed by atoms with Crippen LogP contribution in [0, 0.1) is 0 Å². The molecule has 0 unspecified atom stereocenters. The van der Waals surface area contributed by atoms with Crippen LogP contribution in [0.15, 0.2) is 79.1 Å². The highest BCUT2D eigenvalue weighted by atomic mass is 16.5. The fourth-order valence-electron chi connectivity index (χ4n) is 2.27. The molecule has 0 atom stereocenters. The van der Waals surface area contributed by atoms with E-state index in [1.165, 1.54) is 6.20 Å². The van der Waals surface area contributed by atoms with Crippen LogP contribution in [0.25, 0.3) is 11.1 Å². The summed E-state index contributed by atoms with van der Waals surface area (Å²) in [6.45, 7) is -0.353. The second kappa shape index (κ2) is 7.88. The smallest absolute Gasteiger partial charge is 0.340 e. The summed E-state index contributed by atoms with van der Waals surface area (Å²) in [5, 5.41) is 2.70. The van der Waals surface area contributed by atoms with E-state index in [0.717, 1.165) is 11.1 Å². The van der Waals surface area contributed by atoms with E-state index in [4.69, 9.17) is 4.74 Å². The minimum Gasteiger partial charge on any atom is -0.452 e. The van der Waals surface area contributed by atoms with E-state index in [1.54, 1.807) is 18.3 Å². The molecule has 0 aliphatic rings. The van der Waals surface area contributed by atoms with Crippen LogP contribution in [0.5, 0.6) is 0 Å². The molecule has 0 spiro atoms. The molecular formula is C20H16N2O3. The molecular weight excluding hydrogens is 316 g/mol. The lowest BCUT2D eigenvalue weighted by molar-refractivity contribution is -0.119. The van der Waals surface area contributed by atoms with Gasteiger partial charge in [-0.3, -0.25) is 9.78 Å². The lowest BCUT2D eigenvalue weighted by Crippen LogP contribution is -2.20. The number of carbonyl (C=O) groups is 2. The van der Waals surface area contributed by atoms with Crippen LogP contribution >= 0.6 is 0 Å². The molecule has 0 aliphatic carbocycles. The summed E-state index contributed by atoms with van der Waals surface area (Å²) in [4.78, 5) is 27.5. The Balaban J connectivity index is 1.54. The normalized spacial score (nSPS) is 10.1. The molecule has 5 nitrogen and oxygen atoms in total. The van der Waals surface area contributed by atoms with Crippen LogP contribution in [-0.2, 0) is 9.53 Å². The number of anilines is 1. The van der Waals surface area contributed by atoms with Crippen molar-refractivity contribution in [3.8, 4) is 11.1 Å². The molecule has 1 N–H and O–H groups in total. The molecule has 1 amide bonds. The Labute approximate surface area is 145 Å². The van der Waals surface area contributed by atoms with E-state index in [-0.39, 0.29) is 6.61 Å². The summed E-state index contributed by atoms with van der Waals surface area (Å²) in [6, 6.07) is 20.6. The molecule has 3 aromatic rings. The zero-order valence-corrected chi connectivity index (χ0v) is 13.4. The molecule has 5 heteroatoms. The van der Waals surface area contributed by atoms with Crippen molar-refractivity contribution >= 4 is 17.6 Å². The van der Waals surface area contributed by atoms with Gasteiger partial charge in [-0.15, -0.1) is 0 Å². The van der Waals surface area contributed by atoms with Crippen molar-refractivity contribution in [3.63, 3.8) is 0 Å². The van der Waals surface area contributed by atoms with E-state index < -0.39 is 11.9 Å². The van der Waals surface area contributed by atoms with Gasteiger partial charge in [0.2, 0.25) is 0 Å². The fourth-order valence-corrected chi connectivity index (χ4v) is 2.27. The molecule has 25 heavy (non-hydrogen) atoms. The van der Waals surface area contributed by atoms with Gasteiger partial charge in [0, 0.05) is 18.1 Å². The largest absolute Gasteiger partial charge is 0.452 e. The molecule has 0 saturated heterocycles. The maximum absolute atomic E-state index is 11.9. The number of amides is 1. The van der Waals surface area contributed by atoms with Gasteiger partial charge in [-0.2, -0.15) is 0 Å². The maximum atomic E-state index is 11.9. The highest BCUT2D eigenvalue weighted by molar-refractivity contribution is 5.95. The van der Waals surface area contributed by atoms with Crippen molar-refractivity contribution in [2.75, 3.05) is 11.9 Å². The standard InChI is InChI=1S/C20H16N2O3/c23-19(14-25-20(24)17-7-4-12-21-13-17)22-18-10-8-16(9-11-18)15-5-2-1-3-6-15/h1-13H,14H2,(H,22,23). The number of nitrogens with one attached hydrogen (secondary N) is 1. The number of hydrogen-bond acceptors (Lipinski definition) is 4. The van der Waals surface area contributed by atoms with E-state index in [1.807, 2.05) is 54.6 Å². The number of hydrogen-bond donors (Lipinski definition) is 1. The summed E-state index contributed by atoms with van der Waals surface area (Å²) < 4.78 is 4.96. The third-order valence-electron chi connectivity index (χ3n) is 3.51. The van der Waals surface area contributed by atoms with E-state index in [0.29, 0.717) is 11.3 Å². The van der Waals surface area contributed by atoms with Crippen LogP contribution in [0.2, 0.25) is 0 Å². The van der Waals surface area contributed by atoms with Gasteiger partial charge >= 0.3 is 5.97 Å². The van der Waals surface area contributed by atoms with Gasteiger partial charge in [0.25, 0.3) is 5.91 Å². The Morgan fingerprint density at radius 2 is 1.60 bits per heavy atom. The third-order valence-corrected chi connectivity index (χ3v) is 3.51. The summed E-state index contributed by atoms with van der Waals surface area (Å²) in [5.74, 6) is -0.979. The second-order valence-electron chi connectivity index (χ2n) is 5.31. The highest BCUT2D eigenvalue weighted by Crippen LogP contribution is 2.20. The minimum atomic E-state index is -0.581. The summed E-state index contributed by atoms with van der Waals surface area (Å²) in [6.07, 6.45) is 2.95. The van der Waals surface area contributed by atoms with Gasteiger partial charge in [0.05, 0.1) is 5.56 Å². The predicted molar refractivity (Wildman–Crippen MR) is 95.0 cm³/mol. The Morgan fingerprint density at radius 3 is 2.28 bits per heavy atom. The molecule has 0 saturated carbocycles. The molecule has 0 bridgehead atoms. The highest BCUT2D eigenvalue weighted by Gasteiger charge is 2.10. The molecule has 3 rings (SSSR count). The number of rotatable bonds is 5. The van der Waals surface area contributed by atoms with Gasteiger partial charge in [-0.25, -0.2) is 4.79 Å². The number of ether oxygens (including phenoxy) is 1. The first-order valence-electron chi connectivity index (χ1n) is 7.75. The average molecular weight is 332 g/mol. The molecule has 2 aromatic carbocycles. The van der Waals surface area contributed by atoms with Crippen molar-refractivity contribution in [2.24, 2.45) is 0 Å². The molecule has 1 aromatic heterocycles. The van der Waals surface area contributed by atoms with E-state index in [2.05, 4.69) is 10.3 Å². The Morgan fingerprint density at radius 1 is 0.880 bits per heavy atom. The topological polar surface area (TPSA) is 68.3 Å². The molecule has 124 valence electrons. The van der Waals surface area contributed by atoms with Gasteiger partial charge in [0.15, 0.2) is 6.61 Å². The summed E-state index contributed by atoms with van der Waals surface area (Å²) in [7, 11) is 0. The first-order valence-corrected chi connectivity index (χ1v) is 7.75. The average Bonchev–Trinajstić information content (AvgIpc) is 2.68. The number of aromatic nitrogens is 1. The van der Waals surface area contributed by atoms with E-state index in [9.17, 15) is 9.59 Å². The SMILES string of the molecule is O=C(COC(=O)c1cccnc1)Nc1ccc(-c2ccccc2)cc1. The monoisotopic (exact) mass is 332 g/mol.